The number of hydrogen-bond donors (Lipinski definition) is 2. The Labute approximate surface area is 265 Å². The number of aromatic amines is 1. The Kier molecular flexibility index (Phi) is 8.46. The predicted molar refractivity (Wildman–Crippen MR) is 168 cm³/mol. The van der Waals surface area contributed by atoms with Crippen LogP contribution in [0.1, 0.15) is 33.6 Å². The molecule has 1 fully saturated rings. The first-order valence-corrected chi connectivity index (χ1v) is 15.7. The number of nitrogens with zero attached hydrogens (tertiary/aromatic N) is 1. The van der Waals surface area contributed by atoms with Crippen LogP contribution in [-0.2, 0) is 19.1 Å². The number of nitrogens with one attached hydrogen (secondary N) is 2. The summed E-state index contributed by atoms with van der Waals surface area (Å²) in [7, 11) is 1.53. The first-order chi connectivity index (χ1) is 21.8. The van der Waals surface area contributed by atoms with Crippen molar-refractivity contribution >= 4 is 58.2 Å². The second kappa shape index (κ2) is 12.6. The largest absolute Gasteiger partial charge is 0.497 e. The number of rotatable bonds is 9. The van der Waals surface area contributed by atoms with Crippen LogP contribution in [0.25, 0.3) is 0 Å². The molecule has 0 unspecified atom stereocenters. The summed E-state index contributed by atoms with van der Waals surface area (Å²) in [6.07, 6.45) is 0. The molecule has 3 amide bonds. The van der Waals surface area contributed by atoms with Crippen molar-refractivity contribution in [3.05, 3.63) is 98.5 Å². The van der Waals surface area contributed by atoms with E-state index in [-0.39, 0.29) is 24.0 Å². The minimum absolute atomic E-state index is 0.257. The summed E-state index contributed by atoms with van der Waals surface area (Å²) in [4.78, 5) is 69.3. The van der Waals surface area contributed by atoms with E-state index in [0.29, 0.717) is 43.9 Å². The van der Waals surface area contributed by atoms with Crippen molar-refractivity contribution in [3.63, 3.8) is 0 Å². The highest BCUT2D eigenvalue weighted by Crippen LogP contribution is 2.54. The maximum absolute atomic E-state index is 14.0. The van der Waals surface area contributed by atoms with Gasteiger partial charge in [-0.15, -0.1) is 0 Å². The number of carbonyl (C=O) groups is 4. The summed E-state index contributed by atoms with van der Waals surface area (Å²) in [6.45, 7) is 1.62. The van der Waals surface area contributed by atoms with Gasteiger partial charge in [-0.3, -0.25) is 19.2 Å². The first-order valence-electron chi connectivity index (χ1n) is 14.0. The highest BCUT2D eigenvalue weighted by molar-refractivity contribution is 8.00. The lowest BCUT2D eigenvalue weighted by Gasteiger charge is -2.30. The van der Waals surface area contributed by atoms with Crippen LogP contribution >= 0.6 is 23.1 Å². The SMILES string of the molecule is CCOC(=O)c1ccc(NC(=O)COc2ccccc2[C@@H]2c3sc(=O)[nH]c3S[C@H]3C(=O)N(c4ccc(OC)cc4)C(=O)[C@@H]23)cc1. The molecule has 3 atom stereocenters. The Morgan fingerprint density at radius 2 is 1.69 bits per heavy atom. The zero-order valence-corrected chi connectivity index (χ0v) is 25.7. The minimum Gasteiger partial charge on any atom is -0.497 e. The second-order valence-electron chi connectivity index (χ2n) is 10.1. The summed E-state index contributed by atoms with van der Waals surface area (Å²) < 4.78 is 16.2. The quantitative estimate of drug-likeness (QED) is 0.200. The topological polar surface area (TPSA) is 144 Å². The maximum Gasteiger partial charge on any atom is 0.338 e. The van der Waals surface area contributed by atoms with Gasteiger partial charge in [0.15, 0.2) is 6.61 Å². The molecule has 2 aliphatic rings. The number of ether oxygens (including phenoxy) is 3. The number of aromatic nitrogens is 1. The van der Waals surface area contributed by atoms with Crippen LogP contribution in [-0.4, -0.2) is 54.2 Å². The van der Waals surface area contributed by atoms with Crippen LogP contribution in [0.3, 0.4) is 0 Å². The molecule has 230 valence electrons. The number of benzene rings is 3. The number of anilines is 2. The molecule has 1 aromatic heterocycles. The van der Waals surface area contributed by atoms with Crippen LogP contribution in [0.15, 0.2) is 82.6 Å². The van der Waals surface area contributed by atoms with Gasteiger partial charge in [0.2, 0.25) is 11.8 Å². The molecule has 1 saturated heterocycles. The summed E-state index contributed by atoms with van der Waals surface area (Å²) in [6, 6.07) is 19.9. The number of esters is 1. The first kappa shape index (κ1) is 30.2. The Hall–Kier alpha value is -4.88. The van der Waals surface area contributed by atoms with E-state index in [2.05, 4.69) is 10.3 Å². The van der Waals surface area contributed by atoms with Crippen molar-refractivity contribution in [2.45, 2.75) is 23.1 Å². The number of imide groups is 1. The van der Waals surface area contributed by atoms with Gasteiger partial charge in [-0.2, -0.15) is 0 Å². The van der Waals surface area contributed by atoms with Gasteiger partial charge in [-0.25, -0.2) is 9.69 Å². The van der Waals surface area contributed by atoms with Crippen molar-refractivity contribution in [2.24, 2.45) is 5.92 Å². The highest BCUT2D eigenvalue weighted by Gasteiger charge is 2.56. The van der Waals surface area contributed by atoms with E-state index in [1.807, 2.05) is 0 Å². The van der Waals surface area contributed by atoms with Crippen LogP contribution < -0.4 is 24.6 Å². The van der Waals surface area contributed by atoms with Crippen LogP contribution in [0.4, 0.5) is 11.4 Å². The van der Waals surface area contributed by atoms with Crippen LogP contribution in [0.5, 0.6) is 11.5 Å². The van der Waals surface area contributed by atoms with Gasteiger partial charge in [0.25, 0.3) is 5.91 Å². The van der Waals surface area contributed by atoms with Crippen molar-refractivity contribution in [1.82, 2.24) is 4.98 Å². The number of thioether (sulfide) groups is 1. The van der Waals surface area contributed by atoms with Crippen LogP contribution in [0.2, 0.25) is 0 Å². The van der Waals surface area contributed by atoms with E-state index < -0.39 is 34.9 Å². The Morgan fingerprint density at radius 3 is 2.40 bits per heavy atom. The average Bonchev–Trinajstić information content (AvgIpc) is 3.54. The van der Waals surface area contributed by atoms with Gasteiger partial charge < -0.3 is 24.5 Å². The third-order valence-corrected chi connectivity index (χ3v) is 9.85. The summed E-state index contributed by atoms with van der Waals surface area (Å²) in [5.41, 5.74) is 1.83. The fourth-order valence-electron chi connectivity index (χ4n) is 5.45. The van der Waals surface area contributed by atoms with Crippen molar-refractivity contribution < 1.29 is 33.4 Å². The van der Waals surface area contributed by atoms with E-state index in [1.54, 1.807) is 79.7 Å². The number of hydrogen-bond acceptors (Lipinski definition) is 10. The smallest absolute Gasteiger partial charge is 0.338 e. The number of para-hydroxylation sites is 1. The van der Waals surface area contributed by atoms with Gasteiger partial charge in [-0.1, -0.05) is 41.3 Å². The van der Waals surface area contributed by atoms with E-state index in [1.165, 1.54) is 23.8 Å². The molecule has 6 rings (SSSR count). The zero-order chi connectivity index (χ0) is 31.7. The van der Waals surface area contributed by atoms with Gasteiger partial charge in [-0.05, 0) is 61.5 Å². The standard InChI is InChI=1S/C32H27N3O8S2/c1-3-42-31(39)17-8-10-18(11-9-17)33-23(36)16-43-22-7-5-4-6-21(22)24-25-27(44-28-26(24)45-32(40)34-28)30(38)35(29(25)37)19-12-14-20(41-2)15-13-19/h4-15,24-25,27H,3,16H2,1-2H3,(H,33,36)(H,34,40)/t24-,25-,27+/m0/s1. The molecule has 0 spiro atoms. The van der Waals surface area contributed by atoms with Gasteiger partial charge in [0.1, 0.15) is 16.7 Å². The fraction of sp³-hybridized carbons (Fsp3) is 0.219. The Balaban J connectivity index is 1.26. The number of fused-ring (bicyclic) bond motifs is 2. The summed E-state index contributed by atoms with van der Waals surface area (Å²) >= 11 is 2.17. The lowest BCUT2D eigenvalue weighted by Crippen LogP contribution is -2.32. The van der Waals surface area contributed by atoms with Gasteiger partial charge in [0.05, 0.1) is 35.9 Å². The molecule has 2 N–H and O–H groups in total. The number of H-pyrrole nitrogens is 1. The van der Waals surface area contributed by atoms with Crippen molar-refractivity contribution in [3.8, 4) is 11.5 Å². The zero-order valence-electron chi connectivity index (χ0n) is 24.1. The van der Waals surface area contributed by atoms with Gasteiger partial charge in [0, 0.05) is 22.0 Å². The lowest BCUT2D eigenvalue weighted by atomic mass is 9.82. The fourth-order valence-corrected chi connectivity index (χ4v) is 7.96. The third-order valence-electron chi connectivity index (χ3n) is 7.45. The maximum atomic E-state index is 14.0. The molecule has 11 nitrogen and oxygen atoms in total. The Morgan fingerprint density at radius 1 is 0.956 bits per heavy atom. The normalized spacial score (nSPS) is 18.6. The number of methoxy groups -OCH3 is 1. The number of carbonyl (C=O) groups excluding carboxylic acids is 4. The molecule has 4 aromatic rings. The van der Waals surface area contributed by atoms with Crippen LogP contribution in [0, 0.1) is 5.92 Å². The third kappa shape index (κ3) is 5.83. The average molecular weight is 646 g/mol. The molecule has 3 heterocycles. The minimum atomic E-state index is -0.819. The van der Waals surface area contributed by atoms with Gasteiger partial charge >= 0.3 is 10.8 Å². The molecular weight excluding hydrogens is 618 g/mol. The van der Waals surface area contributed by atoms with E-state index >= 15 is 0 Å². The molecule has 45 heavy (non-hydrogen) atoms. The molecule has 2 aliphatic heterocycles. The Bertz CT molecular complexity index is 1830. The number of thiazole rings is 1. The molecule has 0 bridgehead atoms. The van der Waals surface area contributed by atoms with E-state index in [4.69, 9.17) is 14.2 Å². The van der Waals surface area contributed by atoms with Crippen molar-refractivity contribution in [1.29, 1.82) is 0 Å². The molecule has 0 saturated carbocycles. The van der Waals surface area contributed by atoms with E-state index in [0.717, 1.165) is 11.3 Å². The predicted octanol–water partition coefficient (Wildman–Crippen LogP) is 4.44. The number of amides is 3. The molecule has 13 heteroatoms. The second-order valence-corrected chi connectivity index (χ2v) is 12.3. The molecular formula is C32H27N3O8S2. The van der Waals surface area contributed by atoms with Crippen molar-refractivity contribution in [2.75, 3.05) is 30.5 Å². The molecule has 0 radical (unpaired) electrons. The lowest BCUT2D eigenvalue weighted by molar-refractivity contribution is -0.122. The molecule has 3 aromatic carbocycles. The van der Waals surface area contributed by atoms with E-state index in [9.17, 15) is 24.0 Å². The summed E-state index contributed by atoms with van der Waals surface area (Å²) in [5, 5.41) is 2.49. The monoisotopic (exact) mass is 645 g/mol. The highest BCUT2D eigenvalue weighted by atomic mass is 32.2. The summed E-state index contributed by atoms with van der Waals surface area (Å²) in [5.74, 6) is -2.24. The molecule has 0 aliphatic carbocycles.